The van der Waals surface area contributed by atoms with Crippen LogP contribution in [0.5, 0.6) is 0 Å². The summed E-state index contributed by atoms with van der Waals surface area (Å²) in [6.45, 7) is 7.31. The number of hydrogen-bond acceptors (Lipinski definition) is 3. The SMILES string of the molecule is Cc1cc2ccccc2c(-c2ccccc2C(N)=O)c1[C@H](OC(C)(C)C)C(=O)O. The molecule has 1 amide bonds. The number of nitrogens with two attached hydrogens (primary N) is 1. The molecule has 0 saturated heterocycles. The predicted octanol–water partition coefficient (Wildman–Crippen LogP) is 4.85. The topological polar surface area (TPSA) is 89.6 Å². The third-order valence-electron chi connectivity index (χ3n) is 4.72. The van der Waals surface area contributed by atoms with E-state index in [9.17, 15) is 14.7 Å². The predicted molar refractivity (Wildman–Crippen MR) is 114 cm³/mol. The molecule has 3 N–H and O–H groups in total. The van der Waals surface area contributed by atoms with Gasteiger partial charge in [-0.25, -0.2) is 4.79 Å². The minimum Gasteiger partial charge on any atom is -0.479 e. The van der Waals surface area contributed by atoms with E-state index in [2.05, 4.69) is 0 Å². The summed E-state index contributed by atoms with van der Waals surface area (Å²) in [5, 5.41) is 11.8. The summed E-state index contributed by atoms with van der Waals surface area (Å²) in [4.78, 5) is 24.4. The number of rotatable bonds is 5. The molecule has 0 saturated carbocycles. The van der Waals surface area contributed by atoms with E-state index in [0.29, 0.717) is 22.3 Å². The lowest BCUT2D eigenvalue weighted by atomic mass is 9.85. The second kappa shape index (κ2) is 7.68. The van der Waals surface area contributed by atoms with E-state index in [1.54, 1.807) is 18.2 Å². The van der Waals surface area contributed by atoms with E-state index >= 15 is 0 Å². The molecule has 0 aliphatic carbocycles. The molecule has 3 aromatic carbocycles. The molecule has 3 rings (SSSR count). The first-order chi connectivity index (χ1) is 13.6. The van der Waals surface area contributed by atoms with Crippen LogP contribution in [0.25, 0.3) is 21.9 Å². The standard InChI is InChI=1S/C24H25NO4/c1-14-13-15-9-5-6-10-16(15)20(17-11-7-8-12-18(17)22(25)26)19(14)21(23(27)28)29-24(2,3)4/h5-13,21H,1-4H3,(H2,25,26)(H,27,28)/t21-/m0/s1. The highest BCUT2D eigenvalue weighted by Crippen LogP contribution is 2.41. The summed E-state index contributed by atoms with van der Waals surface area (Å²) in [6.07, 6.45) is -1.20. The van der Waals surface area contributed by atoms with Crippen LogP contribution in [0.4, 0.5) is 0 Å². The number of hydrogen-bond donors (Lipinski definition) is 2. The summed E-state index contributed by atoms with van der Waals surface area (Å²) in [5.41, 5.74) is 7.85. The van der Waals surface area contributed by atoms with Crippen molar-refractivity contribution in [3.63, 3.8) is 0 Å². The Bertz CT molecular complexity index is 1100. The zero-order chi connectivity index (χ0) is 21.3. The van der Waals surface area contributed by atoms with Crippen molar-refractivity contribution in [3.8, 4) is 11.1 Å². The fraction of sp³-hybridized carbons (Fsp3) is 0.250. The van der Waals surface area contributed by atoms with Gasteiger partial charge in [-0.15, -0.1) is 0 Å². The largest absolute Gasteiger partial charge is 0.479 e. The molecule has 29 heavy (non-hydrogen) atoms. The molecule has 0 unspecified atom stereocenters. The van der Waals surface area contributed by atoms with Crippen LogP contribution in [0.2, 0.25) is 0 Å². The molecule has 3 aromatic rings. The Balaban J connectivity index is 2.46. The van der Waals surface area contributed by atoms with Crippen LogP contribution in [0, 0.1) is 6.92 Å². The first kappa shape index (κ1) is 20.6. The van der Waals surface area contributed by atoms with Crippen molar-refractivity contribution in [3.05, 3.63) is 71.3 Å². The van der Waals surface area contributed by atoms with Crippen LogP contribution in [0.1, 0.15) is 48.4 Å². The lowest BCUT2D eigenvalue weighted by molar-refractivity contribution is -0.160. The number of aryl methyl sites for hydroxylation is 1. The lowest BCUT2D eigenvalue weighted by Crippen LogP contribution is -2.28. The minimum atomic E-state index is -1.20. The van der Waals surface area contributed by atoms with Crippen LogP contribution < -0.4 is 5.73 Å². The molecular weight excluding hydrogens is 366 g/mol. The Morgan fingerprint density at radius 2 is 1.66 bits per heavy atom. The number of fused-ring (bicyclic) bond motifs is 1. The van der Waals surface area contributed by atoms with E-state index in [1.165, 1.54) is 0 Å². The number of ether oxygens (including phenoxy) is 1. The average molecular weight is 391 g/mol. The molecule has 0 radical (unpaired) electrons. The maximum absolute atomic E-state index is 12.3. The third-order valence-corrected chi connectivity index (χ3v) is 4.72. The maximum Gasteiger partial charge on any atom is 0.337 e. The van der Waals surface area contributed by atoms with Crippen molar-refractivity contribution in [1.29, 1.82) is 0 Å². The Hall–Kier alpha value is -3.18. The van der Waals surface area contributed by atoms with E-state index in [0.717, 1.165) is 16.3 Å². The molecule has 5 heteroatoms. The van der Waals surface area contributed by atoms with Crippen molar-refractivity contribution in [2.75, 3.05) is 0 Å². The van der Waals surface area contributed by atoms with Gasteiger partial charge >= 0.3 is 5.97 Å². The van der Waals surface area contributed by atoms with Gasteiger partial charge in [0.05, 0.1) is 5.60 Å². The van der Waals surface area contributed by atoms with Gasteiger partial charge in [0.2, 0.25) is 5.91 Å². The van der Waals surface area contributed by atoms with Gasteiger partial charge < -0.3 is 15.6 Å². The molecule has 0 bridgehead atoms. The fourth-order valence-corrected chi connectivity index (χ4v) is 3.63. The van der Waals surface area contributed by atoms with Crippen LogP contribution in [-0.4, -0.2) is 22.6 Å². The smallest absolute Gasteiger partial charge is 0.337 e. The minimum absolute atomic E-state index is 0.337. The molecule has 0 heterocycles. The molecule has 5 nitrogen and oxygen atoms in total. The van der Waals surface area contributed by atoms with Crippen molar-refractivity contribution in [1.82, 2.24) is 0 Å². The third kappa shape index (κ3) is 4.15. The second-order valence-corrected chi connectivity index (χ2v) is 8.06. The number of aliphatic carboxylic acids is 1. The number of carbonyl (C=O) groups excluding carboxylic acids is 1. The molecular formula is C24H25NO4. The molecule has 0 aliphatic heterocycles. The van der Waals surface area contributed by atoms with Crippen LogP contribution in [0.15, 0.2) is 54.6 Å². The van der Waals surface area contributed by atoms with Gasteiger partial charge in [0.1, 0.15) is 0 Å². The van der Waals surface area contributed by atoms with Crippen molar-refractivity contribution >= 4 is 22.6 Å². The first-order valence-electron chi connectivity index (χ1n) is 9.42. The zero-order valence-electron chi connectivity index (χ0n) is 17.0. The number of primary amides is 1. The Morgan fingerprint density at radius 1 is 1.03 bits per heavy atom. The normalized spacial score (nSPS) is 12.7. The van der Waals surface area contributed by atoms with Gasteiger partial charge in [0, 0.05) is 11.1 Å². The van der Waals surface area contributed by atoms with E-state index in [1.807, 2.05) is 64.1 Å². The van der Waals surface area contributed by atoms with Gasteiger partial charge in [0.25, 0.3) is 0 Å². The van der Waals surface area contributed by atoms with Crippen LogP contribution >= 0.6 is 0 Å². The maximum atomic E-state index is 12.3. The molecule has 1 atom stereocenters. The van der Waals surface area contributed by atoms with Crippen LogP contribution in [0.3, 0.4) is 0 Å². The molecule has 0 spiro atoms. The Labute approximate surface area is 170 Å². The summed E-state index contributed by atoms with van der Waals surface area (Å²) in [7, 11) is 0. The van der Waals surface area contributed by atoms with E-state index < -0.39 is 23.6 Å². The van der Waals surface area contributed by atoms with E-state index in [-0.39, 0.29) is 0 Å². The number of benzene rings is 3. The average Bonchev–Trinajstić information content (AvgIpc) is 2.64. The highest BCUT2D eigenvalue weighted by atomic mass is 16.5. The van der Waals surface area contributed by atoms with Crippen LogP contribution in [-0.2, 0) is 9.53 Å². The fourth-order valence-electron chi connectivity index (χ4n) is 3.63. The lowest BCUT2D eigenvalue weighted by Gasteiger charge is -2.29. The van der Waals surface area contributed by atoms with Gasteiger partial charge in [-0.1, -0.05) is 48.5 Å². The van der Waals surface area contributed by atoms with Gasteiger partial charge in [-0.3, -0.25) is 4.79 Å². The zero-order valence-corrected chi connectivity index (χ0v) is 17.0. The Kier molecular flexibility index (Phi) is 5.44. The first-order valence-corrected chi connectivity index (χ1v) is 9.42. The highest BCUT2D eigenvalue weighted by molar-refractivity contribution is 6.07. The number of amides is 1. The highest BCUT2D eigenvalue weighted by Gasteiger charge is 2.32. The molecule has 0 fully saturated rings. The van der Waals surface area contributed by atoms with E-state index in [4.69, 9.17) is 10.5 Å². The second-order valence-electron chi connectivity index (χ2n) is 8.06. The summed E-state index contributed by atoms with van der Waals surface area (Å²) >= 11 is 0. The molecule has 0 aliphatic rings. The quantitative estimate of drug-likeness (QED) is 0.650. The van der Waals surface area contributed by atoms with Gasteiger partial charge in [-0.2, -0.15) is 0 Å². The van der Waals surface area contributed by atoms with Gasteiger partial charge in [-0.05, 0) is 61.2 Å². The van der Waals surface area contributed by atoms with Crippen molar-refractivity contribution in [2.24, 2.45) is 5.73 Å². The monoisotopic (exact) mass is 391 g/mol. The van der Waals surface area contributed by atoms with Crippen molar-refractivity contribution in [2.45, 2.75) is 39.4 Å². The molecule has 0 aromatic heterocycles. The Morgan fingerprint density at radius 3 is 2.28 bits per heavy atom. The summed E-state index contributed by atoms with van der Waals surface area (Å²) in [5.74, 6) is -1.66. The summed E-state index contributed by atoms with van der Waals surface area (Å²) < 4.78 is 5.96. The van der Waals surface area contributed by atoms with Gasteiger partial charge in [0.15, 0.2) is 6.10 Å². The summed E-state index contributed by atoms with van der Waals surface area (Å²) in [6, 6.07) is 16.6. The number of carboxylic acids is 1. The number of carboxylic acid groups (broad SMARTS) is 1. The molecule has 150 valence electrons. The van der Waals surface area contributed by atoms with Crippen molar-refractivity contribution < 1.29 is 19.4 Å². The number of carbonyl (C=O) groups is 2.